The Morgan fingerprint density at radius 1 is 1.30 bits per heavy atom. The number of aliphatic imine (C=N–C) groups is 1. The standard InChI is InChI=1S/C19H27N5OS.HI/c1-15-17(26-18(23-15)16-6-3-2-4-7-16)14-22-19(20)21-8-5-9-24-10-12-25-13-11-24;/h2-4,6-7H,5,8-14H2,1H3,(H3,20,21,22);1H. The summed E-state index contributed by atoms with van der Waals surface area (Å²) in [6.45, 7) is 8.24. The number of aromatic nitrogens is 1. The van der Waals surface area contributed by atoms with E-state index < -0.39 is 0 Å². The third kappa shape index (κ3) is 7.02. The van der Waals surface area contributed by atoms with Gasteiger partial charge >= 0.3 is 0 Å². The fraction of sp³-hybridized carbons (Fsp3) is 0.474. The van der Waals surface area contributed by atoms with Crippen LogP contribution in [0.4, 0.5) is 0 Å². The van der Waals surface area contributed by atoms with Gasteiger partial charge in [0.2, 0.25) is 0 Å². The Morgan fingerprint density at radius 3 is 2.78 bits per heavy atom. The maximum Gasteiger partial charge on any atom is 0.188 e. The van der Waals surface area contributed by atoms with Gasteiger partial charge < -0.3 is 15.8 Å². The van der Waals surface area contributed by atoms with Crippen LogP contribution in [0.3, 0.4) is 0 Å². The van der Waals surface area contributed by atoms with Gasteiger partial charge in [0, 0.05) is 30.1 Å². The molecule has 1 saturated heterocycles. The van der Waals surface area contributed by atoms with Crippen LogP contribution in [0.1, 0.15) is 17.0 Å². The molecule has 3 rings (SSSR count). The minimum absolute atomic E-state index is 0. The molecule has 148 valence electrons. The van der Waals surface area contributed by atoms with Gasteiger partial charge in [0.15, 0.2) is 5.96 Å². The molecule has 0 amide bonds. The predicted octanol–water partition coefficient (Wildman–Crippen LogP) is 2.86. The van der Waals surface area contributed by atoms with E-state index in [1.54, 1.807) is 11.3 Å². The SMILES string of the molecule is Cc1nc(-c2ccccc2)sc1CN=C(N)NCCCN1CCOCC1.I. The van der Waals surface area contributed by atoms with Crippen molar-refractivity contribution in [2.45, 2.75) is 19.9 Å². The summed E-state index contributed by atoms with van der Waals surface area (Å²) < 4.78 is 5.36. The van der Waals surface area contributed by atoms with Gasteiger partial charge in [-0.3, -0.25) is 4.90 Å². The number of halogens is 1. The van der Waals surface area contributed by atoms with Crippen LogP contribution in [0, 0.1) is 6.92 Å². The van der Waals surface area contributed by atoms with Gasteiger partial charge in [0.25, 0.3) is 0 Å². The zero-order chi connectivity index (χ0) is 18.2. The number of hydrogen-bond donors (Lipinski definition) is 2. The lowest BCUT2D eigenvalue weighted by Crippen LogP contribution is -2.39. The number of rotatable bonds is 7. The Bertz CT molecular complexity index is 716. The van der Waals surface area contributed by atoms with Crippen molar-refractivity contribution < 1.29 is 4.74 Å². The maximum atomic E-state index is 6.00. The molecule has 8 heteroatoms. The van der Waals surface area contributed by atoms with Crippen LogP contribution in [0.2, 0.25) is 0 Å². The highest BCUT2D eigenvalue weighted by Crippen LogP contribution is 2.28. The van der Waals surface area contributed by atoms with E-state index in [4.69, 9.17) is 10.5 Å². The van der Waals surface area contributed by atoms with Crippen LogP contribution < -0.4 is 11.1 Å². The molecule has 0 saturated carbocycles. The highest BCUT2D eigenvalue weighted by Gasteiger charge is 2.10. The van der Waals surface area contributed by atoms with Crippen molar-refractivity contribution in [3.63, 3.8) is 0 Å². The first-order chi connectivity index (χ1) is 12.7. The molecule has 0 atom stereocenters. The minimum atomic E-state index is 0. The minimum Gasteiger partial charge on any atom is -0.379 e. The van der Waals surface area contributed by atoms with Crippen LogP contribution in [0.25, 0.3) is 10.6 Å². The van der Waals surface area contributed by atoms with E-state index in [9.17, 15) is 0 Å². The second kappa shape index (κ2) is 11.6. The predicted molar refractivity (Wildman–Crippen MR) is 123 cm³/mol. The Morgan fingerprint density at radius 2 is 2.04 bits per heavy atom. The Kier molecular flexibility index (Phi) is 9.46. The largest absolute Gasteiger partial charge is 0.379 e. The first-order valence-corrected chi connectivity index (χ1v) is 9.89. The molecule has 3 N–H and O–H groups in total. The van der Waals surface area contributed by atoms with E-state index in [1.165, 1.54) is 0 Å². The van der Waals surface area contributed by atoms with Crippen LogP contribution in [-0.4, -0.2) is 55.2 Å². The van der Waals surface area contributed by atoms with Gasteiger partial charge in [-0.25, -0.2) is 9.98 Å². The Hall–Kier alpha value is -1.23. The van der Waals surface area contributed by atoms with E-state index in [0.717, 1.165) is 67.0 Å². The second-order valence-electron chi connectivity index (χ2n) is 6.33. The quantitative estimate of drug-likeness (QED) is 0.264. The fourth-order valence-corrected chi connectivity index (χ4v) is 3.83. The zero-order valence-corrected chi connectivity index (χ0v) is 18.8. The fourth-order valence-electron chi connectivity index (χ4n) is 2.84. The molecule has 1 aliphatic rings. The summed E-state index contributed by atoms with van der Waals surface area (Å²) in [5, 5.41) is 4.24. The number of guanidine groups is 1. The van der Waals surface area contributed by atoms with Crippen molar-refractivity contribution in [1.82, 2.24) is 15.2 Å². The summed E-state index contributed by atoms with van der Waals surface area (Å²) in [5.41, 5.74) is 8.17. The topological polar surface area (TPSA) is 75.8 Å². The smallest absolute Gasteiger partial charge is 0.188 e. The summed E-state index contributed by atoms with van der Waals surface area (Å²) >= 11 is 1.68. The van der Waals surface area contributed by atoms with E-state index in [-0.39, 0.29) is 24.0 Å². The third-order valence-corrected chi connectivity index (χ3v) is 5.56. The molecule has 2 heterocycles. The molecule has 6 nitrogen and oxygen atoms in total. The third-order valence-electron chi connectivity index (χ3n) is 4.37. The van der Waals surface area contributed by atoms with Crippen molar-refractivity contribution in [3.05, 3.63) is 40.9 Å². The average molecular weight is 501 g/mol. The molecular weight excluding hydrogens is 473 g/mol. The first-order valence-electron chi connectivity index (χ1n) is 9.08. The summed E-state index contributed by atoms with van der Waals surface area (Å²) in [4.78, 5) is 12.7. The number of thiazole rings is 1. The number of nitrogens with two attached hydrogens (primary N) is 1. The second-order valence-corrected chi connectivity index (χ2v) is 7.41. The molecule has 0 bridgehead atoms. The van der Waals surface area contributed by atoms with Gasteiger partial charge in [-0.1, -0.05) is 30.3 Å². The maximum absolute atomic E-state index is 6.00. The summed E-state index contributed by atoms with van der Waals surface area (Å²) in [5.74, 6) is 0.501. The number of nitrogens with zero attached hydrogens (tertiary/aromatic N) is 3. The lowest BCUT2D eigenvalue weighted by atomic mass is 10.2. The number of aryl methyl sites for hydroxylation is 1. The monoisotopic (exact) mass is 501 g/mol. The van der Waals surface area contributed by atoms with Crippen LogP contribution in [0.5, 0.6) is 0 Å². The van der Waals surface area contributed by atoms with E-state index >= 15 is 0 Å². The zero-order valence-electron chi connectivity index (χ0n) is 15.7. The van der Waals surface area contributed by atoms with Crippen molar-refractivity contribution in [2.75, 3.05) is 39.4 Å². The van der Waals surface area contributed by atoms with Crippen molar-refractivity contribution in [1.29, 1.82) is 0 Å². The number of hydrogen-bond acceptors (Lipinski definition) is 5. The molecule has 1 aliphatic heterocycles. The molecule has 27 heavy (non-hydrogen) atoms. The van der Waals surface area contributed by atoms with Gasteiger partial charge in [-0.2, -0.15) is 0 Å². The van der Waals surface area contributed by atoms with E-state index in [1.807, 2.05) is 25.1 Å². The molecular formula is C19H28IN5OS. The van der Waals surface area contributed by atoms with Crippen molar-refractivity contribution >= 4 is 41.3 Å². The normalized spacial score (nSPS) is 15.4. The lowest BCUT2D eigenvalue weighted by molar-refractivity contribution is 0.0376. The number of morpholine rings is 1. The Labute approximate surface area is 182 Å². The van der Waals surface area contributed by atoms with Gasteiger partial charge in [0.1, 0.15) is 5.01 Å². The molecule has 1 aromatic carbocycles. The average Bonchev–Trinajstić information content (AvgIpc) is 3.06. The first kappa shape index (κ1) is 22.1. The lowest BCUT2D eigenvalue weighted by Gasteiger charge is -2.26. The molecule has 0 spiro atoms. The molecule has 0 unspecified atom stereocenters. The highest BCUT2D eigenvalue weighted by atomic mass is 127. The van der Waals surface area contributed by atoms with Crippen LogP contribution >= 0.6 is 35.3 Å². The molecule has 0 aliphatic carbocycles. The molecule has 0 radical (unpaired) electrons. The summed E-state index contributed by atoms with van der Waals surface area (Å²) in [7, 11) is 0. The van der Waals surface area contributed by atoms with Gasteiger partial charge in [-0.15, -0.1) is 35.3 Å². The van der Waals surface area contributed by atoms with Crippen molar-refractivity contribution in [3.8, 4) is 10.6 Å². The number of benzene rings is 1. The summed E-state index contributed by atoms with van der Waals surface area (Å²) in [6, 6.07) is 10.2. The Balaban J connectivity index is 0.00000261. The number of nitrogens with one attached hydrogen (secondary N) is 1. The highest BCUT2D eigenvalue weighted by molar-refractivity contribution is 14.0. The van der Waals surface area contributed by atoms with E-state index in [2.05, 4.69) is 32.3 Å². The number of ether oxygens (including phenoxy) is 1. The van der Waals surface area contributed by atoms with Gasteiger partial charge in [0.05, 0.1) is 25.5 Å². The molecule has 1 aromatic heterocycles. The van der Waals surface area contributed by atoms with Crippen molar-refractivity contribution in [2.24, 2.45) is 10.7 Å². The molecule has 2 aromatic rings. The summed E-state index contributed by atoms with van der Waals surface area (Å²) in [6.07, 6.45) is 1.05. The van der Waals surface area contributed by atoms with Gasteiger partial charge in [-0.05, 0) is 19.9 Å². The molecule has 1 fully saturated rings. The van der Waals surface area contributed by atoms with Crippen LogP contribution in [-0.2, 0) is 11.3 Å². The van der Waals surface area contributed by atoms with Crippen LogP contribution in [0.15, 0.2) is 35.3 Å². The van der Waals surface area contributed by atoms with E-state index in [0.29, 0.717) is 12.5 Å².